The van der Waals surface area contributed by atoms with Crippen molar-refractivity contribution < 1.29 is 32.7 Å². The van der Waals surface area contributed by atoms with Crippen molar-refractivity contribution in [3.63, 3.8) is 0 Å². The zero-order valence-electron chi connectivity index (χ0n) is 26.6. The fourth-order valence-corrected chi connectivity index (χ4v) is 6.93. The van der Waals surface area contributed by atoms with Crippen molar-refractivity contribution in [2.75, 3.05) is 50.9 Å². The van der Waals surface area contributed by atoms with Gasteiger partial charge in [-0.3, -0.25) is 9.59 Å². The van der Waals surface area contributed by atoms with Gasteiger partial charge < -0.3 is 29.3 Å². The number of rotatable bonds is 5. The number of phenolic OH excluding ortho intramolecular Hbond substituents is 1. The van der Waals surface area contributed by atoms with E-state index >= 15 is 4.39 Å². The van der Waals surface area contributed by atoms with Crippen LogP contribution >= 0.6 is 11.6 Å². The van der Waals surface area contributed by atoms with E-state index < -0.39 is 41.8 Å². The summed E-state index contributed by atoms with van der Waals surface area (Å²) in [5.74, 6) is -2.71. The molecule has 2 amide bonds. The Hall–Kier alpha value is -3.37. The van der Waals surface area contributed by atoms with Gasteiger partial charge in [0.25, 0.3) is 5.91 Å². The topological polar surface area (TPSA) is 95.4 Å². The van der Waals surface area contributed by atoms with E-state index in [0.717, 1.165) is 0 Å². The Morgan fingerprint density at radius 3 is 2.71 bits per heavy atom. The highest BCUT2D eigenvalue weighted by atomic mass is 35.5. The summed E-state index contributed by atoms with van der Waals surface area (Å²) >= 11 is 6.88. The van der Waals surface area contributed by atoms with Crippen LogP contribution in [-0.2, 0) is 9.53 Å². The first-order chi connectivity index (χ1) is 21.2. The molecular formula is C31H36ClFN4O5. The number of ether oxygens (including phenoxy) is 2. The molecular weight excluding hydrogens is 563 g/mol. The van der Waals surface area contributed by atoms with Crippen LogP contribution in [0.25, 0.3) is 11.3 Å². The zero-order valence-corrected chi connectivity index (χ0v) is 24.4. The number of pyridine rings is 1. The second-order valence-corrected chi connectivity index (χ2v) is 12.5. The predicted molar refractivity (Wildman–Crippen MR) is 156 cm³/mol. The van der Waals surface area contributed by atoms with E-state index in [2.05, 4.69) is 6.58 Å². The molecule has 4 aliphatic rings. The first kappa shape index (κ1) is 25.2. The van der Waals surface area contributed by atoms with Crippen molar-refractivity contribution in [1.29, 1.82) is 0 Å². The fourth-order valence-electron chi connectivity index (χ4n) is 6.64. The quantitative estimate of drug-likeness (QED) is 0.509. The van der Waals surface area contributed by atoms with Gasteiger partial charge in [-0.1, -0.05) is 31.1 Å². The fraction of sp³-hybridized carbons (Fsp3) is 0.516. The summed E-state index contributed by atoms with van der Waals surface area (Å²) in [6.45, 7) is 6.99. The molecule has 9 nitrogen and oxygen atoms in total. The smallest absolute Gasteiger partial charge is 0.261 e. The van der Waals surface area contributed by atoms with Crippen molar-refractivity contribution in [3.05, 3.63) is 47.3 Å². The monoisotopic (exact) mass is 601 g/mol. The summed E-state index contributed by atoms with van der Waals surface area (Å²) in [7, 11) is 0. The number of amides is 2. The highest BCUT2D eigenvalue weighted by Gasteiger charge is 2.47. The number of phenols is 1. The molecule has 3 atom stereocenters. The van der Waals surface area contributed by atoms with Gasteiger partial charge in [-0.25, -0.2) is 9.37 Å². The number of benzene rings is 1. The highest BCUT2D eigenvalue weighted by molar-refractivity contribution is 6.35. The van der Waals surface area contributed by atoms with Crippen LogP contribution in [0.1, 0.15) is 41.6 Å². The van der Waals surface area contributed by atoms with E-state index in [9.17, 15) is 14.7 Å². The van der Waals surface area contributed by atoms with Gasteiger partial charge >= 0.3 is 0 Å². The van der Waals surface area contributed by atoms with Crippen LogP contribution in [-0.4, -0.2) is 89.3 Å². The first-order valence-electron chi connectivity index (χ1n) is 15.6. The van der Waals surface area contributed by atoms with E-state index in [0.29, 0.717) is 26.2 Å². The Morgan fingerprint density at radius 2 is 2.05 bits per heavy atom. The summed E-state index contributed by atoms with van der Waals surface area (Å²) in [5, 5.41) is 10.6. The molecule has 0 bridgehead atoms. The molecule has 3 fully saturated rings. The number of carbonyl (C=O) groups excluding carboxylic acids is 2. The molecule has 42 heavy (non-hydrogen) atoms. The van der Waals surface area contributed by atoms with E-state index in [1.165, 1.54) is 24.3 Å². The van der Waals surface area contributed by atoms with Crippen LogP contribution in [0.15, 0.2) is 30.9 Å². The van der Waals surface area contributed by atoms with Gasteiger partial charge in [0.1, 0.15) is 40.3 Å². The molecule has 6 rings (SSSR count). The third-order valence-electron chi connectivity index (χ3n) is 9.01. The minimum Gasteiger partial charge on any atom is -0.507 e. The Bertz CT molecular complexity index is 1530. The maximum Gasteiger partial charge on any atom is 0.261 e. The van der Waals surface area contributed by atoms with E-state index in [4.69, 9.17) is 30.2 Å². The van der Waals surface area contributed by atoms with Gasteiger partial charge in [0.2, 0.25) is 5.91 Å². The van der Waals surface area contributed by atoms with Gasteiger partial charge in [-0.05, 0) is 50.3 Å². The molecule has 1 aromatic carbocycles. The average Bonchev–Trinajstić information content (AvgIpc) is 3.18. The zero-order chi connectivity index (χ0) is 32.4. The summed E-state index contributed by atoms with van der Waals surface area (Å²) < 4.78 is 52.0. The van der Waals surface area contributed by atoms with Crippen molar-refractivity contribution in [2.24, 2.45) is 17.8 Å². The lowest BCUT2D eigenvalue weighted by atomic mass is 9.79. The Labute approximate surface area is 254 Å². The lowest BCUT2D eigenvalue weighted by molar-refractivity contribution is -0.128. The summed E-state index contributed by atoms with van der Waals surface area (Å²) in [5.41, 5.74) is -0.941. The van der Waals surface area contributed by atoms with Crippen molar-refractivity contribution >= 4 is 29.2 Å². The molecule has 1 aromatic heterocycles. The number of piperazine rings is 1. The third kappa shape index (κ3) is 4.68. The molecule has 2 aromatic rings. The molecule has 0 radical (unpaired) electrons. The van der Waals surface area contributed by atoms with E-state index in [-0.39, 0.29) is 77.4 Å². The molecule has 2 unspecified atom stereocenters. The number of hydrogen-bond acceptors (Lipinski definition) is 7. The maximum absolute atomic E-state index is 15.3. The van der Waals surface area contributed by atoms with Crippen LogP contribution in [0.5, 0.6) is 11.5 Å². The van der Waals surface area contributed by atoms with Gasteiger partial charge in [0, 0.05) is 41.7 Å². The van der Waals surface area contributed by atoms with Crippen LogP contribution < -0.4 is 9.64 Å². The molecule has 11 heteroatoms. The third-order valence-corrected chi connectivity index (χ3v) is 9.36. The van der Waals surface area contributed by atoms with Crippen molar-refractivity contribution in [2.45, 2.75) is 38.7 Å². The molecule has 0 spiro atoms. The number of aromatic nitrogens is 1. The molecule has 0 saturated carbocycles. The summed E-state index contributed by atoms with van der Waals surface area (Å²) in [6.07, 6.45) is 1.72. The molecule has 1 N–H and O–H groups in total. The van der Waals surface area contributed by atoms with Gasteiger partial charge in [0.15, 0.2) is 5.75 Å². The molecule has 5 heterocycles. The Morgan fingerprint density at radius 1 is 1.26 bits per heavy atom. The lowest BCUT2D eigenvalue weighted by Crippen LogP contribution is -2.57. The summed E-state index contributed by atoms with van der Waals surface area (Å²) in [4.78, 5) is 36.8. The van der Waals surface area contributed by atoms with Crippen molar-refractivity contribution in [3.8, 4) is 22.8 Å². The van der Waals surface area contributed by atoms with Crippen LogP contribution in [0, 0.1) is 23.6 Å². The Balaban J connectivity index is 1.50. The highest BCUT2D eigenvalue weighted by Crippen LogP contribution is 2.49. The van der Waals surface area contributed by atoms with Gasteiger partial charge in [-0.2, -0.15) is 0 Å². The largest absolute Gasteiger partial charge is 0.507 e. The van der Waals surface area contributed by atoms with Crippen LogP contribution in [0.3, 0.4) is 0 Å². The predicted octanol–water partition coefficient (Wildman–Crippen LogP) is 4.37. The van der Waals surface area contributed by atoms with Crippen molar-refractivity contribution in [1.82, 2.24) is 14.8 Å². The lowest BCUT2D eigenvalue weighted by Gasteiger charge is -2.40. The number of aromatic hydroxyl groups is 1. The van der Waals surface area contributed by atoms with E-state index in [1.54, 1.807) is 9.80 Å². The molecule has 224 valence electrons. The maximum atomic E-state index is 15.3. The van der Waals surface area contributed by atoms with Crippen LogP contribution in [0.4, 0.5) is 10.2 Å². The number of halogens is 2. The molecule has 3 saturated heterocycles. The standard InChI is InChI=1S/C31H36ClFN4O5/c1-5-23(39)35-9-10-36-20(13-35)16-42-28-25(30(36)40)29(34-27(26(28)32)24-21(33)7-6-8-22(24)38)37-12-18(11-31(37,3)4)17(2)19-14-41-15-19/h5-8,17-20,38H,1,9-16H2,2-4H3/t17?,18?,20-/m1/s1/i2D3. The minimum atomic E-state index is -2.23. The summed E-state index contributed by atoms with van der Waals surface area (Å²) in [6, 6.07) is 3.34. The van der Waals surface area contributed by atoms with Gasteiger partial charge in [-0.15, -0.1) is 0 Å². The second kappa shape index (κ2) is 10.7. The number of nitrogens with zero attached hydrogens (tertiary/aromatic N) is 4. The SMILES string of the molecule is [2H]C([2H])([2H])C(C1COC1)C1CN(c2nc(-c3c(O)cccc3F)c(Cl)c3c2C(=O)N2CCN(C(=O)C=C)C[C@@H]2CO3)C(C)(C)C1. The van der Waals surface area contributed by atoms with Gasteiger partial charge in [0.05, 0.1) is 24.8 Å². The number of anilines is 1. The van der Waals surface area contributed by atoms with E-state index in [1.807, 2.05) is 18.7 Å². The van der Waals surface area contributed by atoms with Crippen LogP contribution in [0.2, 0.25) is 5.02 Å². The minimum absolute atomic E-state index is 0.000348. The first-order valence-corrected chi connectivity index (χ1v) is 14.5. The number of hydrogen-bond donors (Lipinski definition) is 1. The normalized spacial score (nSPS) is 25.7. The number of fused-ring (bicyclic) bond motifs is 2. The number of carbonyl (C=O) groups is 2. The molecule has 0 aliphatic carbocycles. The second-order valence-electron chi connectivity index (χ2n) is 12.1. The molecule has 4 aliphatic heterocycles. The average molecular weight is 602 g/mol. The Kier molecular flexibility index (Phi) is 6.42.